The van der Waals surface area contributed by atoms with Gasteiger partial charge in [0.05, 0.1) is 0 Å². The fraction of sp³-hybridized carbons (Fsp3) is 0. The zero-order valence-electron chi connectivity index (χ0n) is 3.96. The van der Waals surface area contributed by atoms with E-state index in [0.29, 0.717) is 0 Å². The fourth-order valence-corrected chi connectivity index (χ4v) is 0. The number of oxime groups is 1. The number of nitrogens with zero attached hydrogens (tertiary/aromatic N) is 1. The van der Waals surface area contributed by atoms with Crippen LogP contribution in [0.3, 0.4) is 0 Å². The largest absolute Gasteiger partial charge is 0.408 e. The molecule has 0 fully saturated rings. The molecule has 4 heteroatoms. The smallest absolute Gasteiger partial charge is 0.228 e. The molecule has 0 aliphatic carbocycles. The summed E-state index contributed by atoms with van der Waals surface area (Å²) >= 11 is 0. The zero-order chi connectivity index (χ0) is 6.28. The minimum atomic E-state index is -0.315. The van der Waals surface area contributed by atoms with Gasteiger partial charge in [0.25, 0.3) is 0 Å². The predicted molar refractivity (Wildman–Crippen MR) is 28.9 cm³/mol. The van der Waals surface area contributed by atoms with Crippen LogP contribution in [0.25, 0.3) is 0 Å². The quantitative estimate of drug-likeness (QED) is 0.126. The summed E-state index contributed by atoms with van der Waals surface area (Å²) in [5, 5.41) is 9.84. The van der Waals surface area contributed by atoms with Crippen LogP contribution in [0.4, 0.5) is 0 Å². The lowest BCUT2D eigenvalue weighted by Crippen LogP contribution is -2.21. The van der Waals surface area contributed by atoms with Crippen LogP contribution >= 0.6 is 0 Å². The van der Waals surface area contributed by atoms with Crippen molar-refractivity contribution in [3.05, 3.63) is 13.2 Å². The van der Waals surface area contributed by atoms with Gasteiger partial charge >= 0.3 is 0 Å². The monoisotopic (exact) mass is 103 g/mol. The Labute approximate surface area is 42.1 Å². The number of guanidine groups is 1. The van der Waals surface area contributed by atoms with Crippen molar-refractivity contribution in [1.82, 2.24) is 0 Å². The molecule has 0 aromatic carbocycles. The van der Waals surface area contributed by atoms with Gasteiger partial charge < -0.3 is 16.7 Å². The topological polar surface area (TPSA) is 84.6 Å². The maximum absolute atomic E-state index is 7.48. The highest BCUT2D eigenvalue weighted by Crippen LogP contribution is 1.39. The van der Waals surface area contributed by atoms with Crippen molar-refractivity contribution in [1.29, 1.82) is 0 Å². The maximum atomic E-state index is 7.48. The Morgan fingerprint density at radius 1 is 1.43 bits per heavy atom. The minimum Gasteiger partial charge on any atom is -0.408 e. The molecule has 0 spiro atoms. The van der Waals surface area contributed by atoms with E-state index in [9.17, 15) is 0 Å². The van der Waals surface area contributed by atoms with E-state index in [1.165, 1.54) is 0 Å². The average molecular weight is 103 g/mol. The molecule has 0 aliphatic heterocycles. The Hall–Kier alpha value is -1.19. The minimum absolute atomic E-state index is 0.315. The van der Waals surface area contributed by atoms with Gasteiger partial charge in [0, 0.05) is 0 Å². The van der Waals surface area contributed by atoms with Gasteiger partial charge in [-0.05, 0) is 0 Å². The molecule has 0 aromatic rings. The summed E-state index contributed by atoms with van der Waals surface area (Å²) in [5.41, 5.74) is 9.14. The first-order valence-corrected chi connectivity index (χ1v) is 1.50. The third-order valence-electron chi connectivity index (χ3n) is 0.115. The SMILES string of the molecule is C=C.NC(N)=NO. The second-order valence-corrected chi connectivity index (χ2v) is 0.525. The molecule has 7 heavy (non-hydrogen) atoms. The molecular weight excluding hydrogens is 94.1 g/mol. The summed E-state index contributed by atoms with van der Waals surface area (Å²) < 4.78 is 0. The number of hydrogen-bond donors (Lipinski definition) is 3. The second-order valence-electron chi connectivity index (χ2n) is 0.525. The zero-order valence-corrected chi connectivity index (χ0v) is 3.96. The Balaban J connectivity index is 0. The Morgan fingerprint density at radius 2 is 1.57 bits per heavy atom. The van der Waals surface area contributed by atoms with Crippen LogP contribution in [-0.2, 0) is 0 Å². The maximum Gasteiger partial charge on any atom is 0.228 e. The van der Waals surface area contributed by atoms with Crippen molar-refractivity contribution in [2.24, 2.45) is 16.6 Å². The summed E-state index contributed by atoms with van der Waals surface area (Å²) in [7, 11) is 0. The highest BCUT2D eigenvalue weighted by molar-refractivity contribution is 5.74. The highest BCUT2D eigenvalue weighted by atomic mass is 16.4. The van der Waals surface area contributed by atoms with Crippen molar-refractivity contribution in [2.45, 2.75) is 0 Å². The van der Waals surface area contributed by atoms with Crippen molar-refractivity contribution < 1.29 is 5.21 Å². The molecule has 42 valence electrons. The molecule has 0 saturated heterocycles. The van der Waals surface area contributed by atoms with E-state index in [-0.39, 0.29) is 5.96 Å². The van der Waals surface area contributed by atoms with Gasteiger partial charge in [0.15, 0.2) is 0 Å². The number of hydrogen-bond acceptors (Lipinski definition) is 2. The normalized spacial score (nSPS) is 5.14. The lowest BCUT2D eigenvalue weighted by Gasteiger charge is -1.75. The van der Waals surface area contributed by atoms with Gasteiger partial charge in [-0.2, -0.15) is 0 Å². The summed E-state index contributed by atoms with van der Waals surface area (Å²) in [6.07, 6.45) is 0. The summed E-state index contributed by atoms with van der Waals surface area (Å²) in [6, 6.07) is 0. The first-order chi connectivity index (χ1) is 3.27. The van der Waals surface area contributed by atoms with Crippen molar-refractivity contribution in [3.63, 3.8) is 0 Å². The van der Waals surface area contributed by atoms with Crippen LogP contribution in [0.5, 0.6) is 0 Å². The fourth-order valence-electron chi connectivity index (χ4n) is 0. The van der Waals surface area contributed by atoms with E-state index < -0.39 is 0 Å². The number of rotatable bonds is 0. The molecule has 4 nitrogen and oxygen atoms in total. The van der Waals surface area contributed by atoms with Gasteiger partial charge in [-0.15, -0.1) is 13.2 Å². The van der Waals surface area contributed by atoms with Crippen LogP contribution in [-0.4, -0.2) is 11.2 Å². The van der Waals surface area contributed by atoms with E-state index in [2.05, 4.69) is 29.8 Å². The Bertz CT molecular complexity index is 57.2. The summed E-state index contributed by atoms with van der Waals surface area (Å²) in [6.45, 7) is 6.00. The molecule has 0 atom stereocenters. The lowest BCUT2D eigenvalue weighted by molar-refractivity contribution is 0.317. The average Bonchev–Trinajstić information content (AvgIpc) is 1.73. The van der Waals surface area contributed by atoms with Gasteiger partial charge in [-0.1, -0.05) is 5.16 Å². The van der Waals surface area contributed by atoms with Crippen molar-refractivity contribution >= 4 is 5.96 Å². The van der Waals surface area contributed by atoms with Gasteiger partial charge in [0.2, 0.25) is 5.96 Å². The molecular formula is C3H9N3O. The molecule has 0 aromatic heterocycles. The van der Waals surface area contributed by atoms with Crippen LogP contribution in [0.15, 0.2) is 18.3 Å². The number of nitrogens with two attached hydrogens (primary N) is 2. The first kappa shape index (κ1) is 9.26. The highest BCUT2D eigenvalue weighted by Gasteiger charge is 1.64. The Morgan fingerprint density at radius 3 is 1.57 bits per heavy atom. The van der Waals surface area contributed by atoms with Crippen LogP contribution in [0.1, 0.15) is 0 Å². The second kappa shape index (κ2) is 8.84. The molecule has 0 bridgehead atoms. The van der Waals surface area contributed by atoms with Gasteiger partial charge in [-0.25, -0.2) is 0 Å². The van der Waals surface area contributed by atoms with Crippen LogP contribution < -0.4 is 11.5 Å². The van der Waals surface area contributed by atoms with Crippen molar-refractivity contribution in [2.75, 3.05) is 0 Å². The molecule has 0 rings (SSSR count). The first-order valence-electron chi connectivity index (χ1n) is 1.50. The summed E-state index contributed by atoms with van der Waals surface area (Å²) in [5.74, 6) is -0.315. The van der Waals surface area contributed by atoms with Crippen molar-refractivity contribution in [3.8, 4) is 0 Å². The standard InChI is InChI=1S/C2H4.CH5N3O/c1-2;2-1(3)4-5/h1-2H2;5H,(H4,2,3,4). The van der Waals surface area contributed by atoms with E-state index in [0.717, 1.165) is 0 Å². The van der Waals surface area contributed by atoms with E-state index in [1.54, 1.807) is 0 Å². The summed E-state index contributed by atoms with van der Waals surface area (Å²) in [4.78, 5) is 0. The Kier molecular flexibility index (Phi) is 11.7. The third kappa shape index (κ3) is 57.9. The lowest BCUT2D eigenvalue weighted by atomic mass is 11.1. The van der Waals surface area contributed by atoms with Crippen LogP contribution in [0.2, 0.25) is 0 Å². The van der Waals surface area contributed by atoms with Gasteiger partial charge in [0.1, 0.15) is 0 Å². The molecule has 0 saturated carbocycles. The molecule has 0 radical (unpaired) electrons. The molecule has 0 amide bonds. The van der Waals surface area contributed by atoms with E-state index >= 15 is 0 Å². The molecule has 5 N–H and O–H groups in total. The molecule has 0 aliphatic rings. The molecule has 0 unspecified atom stereocenters. The van der Waals surface area contributed by atoms with E-state index in [4.69, 9.17) is 5.21 Å². The molecule has 0 heterocycles. The predicted octanol–water partition coefficient (Wildman–Crippen LogP) is -0.549. The third-order valence-corrected chi connectivity index (χ3v) is 0.115. The van der Waals surface area contributed by atoms with E-state index in [1.807, 2.05) is 0 Å². The van der Waals surface area contributed by atoms with Crippen LogP contribution in [0, 0.1) is 0 Å². The van der Waals surface area contributed by atoms with Gasteiger partial charge in [-0.3, -0.25) is 0 Å².